The molecule has 18 heavy (non-hydrogen) atoms. The number of hydrogen-bond acceptors (Lipinski definition) is 3. The quantitative estimate of drug-likeness (QED) is 0.747. The molecule has 0 aliphatic carbocycles. The summed E-state index contributed by atoms with van der Waals surface area (Å²) in [6, 6.07) is 4.87. The van der Waals surface area contributed by atoms with E-state index in [1.54, 1.807) is 13.2 Å². The summed E-state index contributed by atoms with van der Waals surface area (Å²) >= 11 is 3.36. The van der Waals surface area contributed by atoms with Crippen LogP contribution in [0.2, 0.25) is 0 Å². The Morgan fingerprint density at radius 1 is 1.33 bits per heavy atom. The van der Waals surface area contributed by atoms with E-state index in [0.29, 0.717) is 19.8 Å². The number of benzene rings is 1. The van der Waals surface area contributed by atoms with Gasteiger partial charge in [-0.25, -0.2) is 4.39 Å². The molecule has 0 spiro atoms. The van der Waals surface area contributed by atoms with Crippen LogP contribution < -0.4 is 5.32 Å². The Hall–Kier alpha value is -0.490. The Labute approximate surface area is 116 Å². The van der Waals surface area contributed by atoms with Crippen LogP contribution in [-0.4, -0.2) is 33.5 Å². The SMILES string of the molecule is COCCOCCNC(C)c1ccc(F)cc1Br. The molecule has 1 atom stereocenters. The molecule has 0 fully saturated rings. The van der Waals surface area contributed by atoms with Crippen LogP contribution >= 0.6 is 15.9 Å². The maximum absolute atomic E-state index is 13.0. The summed E-state index contributed by atoms with van der Waals surface area (Å²) in [5.41, 5.74) is 1.04. The van der Waals surface area contributed by atoms with Crippen molar-refractivity contribution in [2.75, 3.05) is 33.5 Å². The van der Waals surface area contributed by atoms with Gasteiger partial charge in [-0.2, -0.15) is 0 Å². The molecule has 3 nitrogen and oxygen atoms in total. The predicted octanol–water partition coefficient (Wildman–Crippen LogP) is 2.90. The number of rotatable bonds is 8. The van der Waals surface area contributed by atoms with Gasteiger partial charge in [0.1, 0.15) is 5.82 Å². The summed E-state index contributed by atoms with van der Waals surface area (Å²) in [6.07, 6.45) is 0. The highest BCUT2D eigenvalue weighted by atomic mass is 79.9. The molecule has 0 radical (unpaired) electrons. The fourth-order valence-corrected chi connectivity index (χ4v) is 2.25. The summed E-state index contributed by atoms with van der Waals surface area (Å²) in [6.45, 7) is 4.63. The maximum Gasteiger partial charge on any atom is 0.124 e. The largest absolute Gasteiger partial charge is 0.382 e. The molecule has 0 heterocycles. The van der Waals surface area contributed by atoms with Gasteiger partial charge < -0.3 is 14.8 Å². The number of hydrogen-bond donors (Lipinski definition) is 1. The zero-order valence-electron chi connectivity index (χ0n) is 10.7. The molecule has 1 aromatic carbocycles. The first-order chi connectivity index (χ1) is 8.65. The standard InChI is InChI=1S/C13H19BrFNO2/c1-10(16-5-6-18-8-7-17-2)12-4-3-11(15)9-13(12)14/h3-4,9-10,16H,5-8H2,1-2H3. The average Bonchev–Trinajstić information content (AvgIpc) is 2.33. The molecule has 102 valence electrons. The van der Waals surface area contributed by atoms with Crippen molar-refractivity contribution in [3.05, 3.63) is 34.1 Å². The van der Waals surface area contributed by atoms with Gasteiger partial charge in [0.2, 0.25) is 0 Å². The lowest BCUT2D eigenvalue weighted by Crippen LogP contribution is -2.24. The van der Waals surface area contributed by atoms with Crippen molar-refractivity contribution in [3.63, 3.8) is 0 Å². The van der Waals surface area contributed by atoms with Crippen molar-refractivity contribution in [2.24, 2.45) is 0 Å². The molecule has 0 aromatic heterocycles. The van der Waals surface area contributed by atoms with E-state index in [2.05, 4.69) is 21.2 Å². The van der Waals surface area contributed by atoms with Gasteiger partial charge in [0, 0.05) is 24.2 Å². The highest BCUT2D eigenvalue weighted by molar-refractivity contribution is 9.10. The predicted molar refractivity (Wildman–Crippen MR) is 73.2 cm³/mol. The summed E-state index contributed by atoms with van der Waals surface area (Å²) in [5.74, 6) is -0.235. The molecule has 0 aliphatic heterocycles. The molecule has 0 bridgehead atoms. The topological polar surface area (TPSA) is 30.5 Å². The van der Waals surface area contributed by atoms with Gasteiger partial charge in [-0.1, -0.05) is 22.0 Å². The van der Waals surface area contributed by atoms with Gasteiger partial charge in [0.15, 0.2) is 0 Å². The lowest BCUT2D eigenvalue weighted by Gasteiger charge is -2.16. The van der Waals surface area contributed by atoms with E-state index < -0.39 is 0 Å². The summed E-state index contributed by atoms with van der Waals surface area (Å²) in [5, 5.41) is 3.32. The van der Waals surface area contributed by atoms with Crippen molar-refractivity contribution in [1.82, 2.24) is 5.32 Å². The normalized spacial score (nSPS) is 12.7. The van der Waals surface area contributed by atoms with Crippen LogP contribution in [0.25, 0.3) is 0 Å². The van der Waals surface area contributed by atoms with Crippen LogP contribution in [0.1, 0.15) is 18.5 Å². The molecular weight excluding hydrogens is 301 g/mol. The smallest absolute Gasteiger partial charge is 0.124 e. The van der Waals surface area contributed by atoms with Crippen LogP contribution in [0, 0.1) is 5.82 Å². The second-order valence-electron chi connectivity index (χ2n) is 3.95. The minimum atomic E-state index is -0.235. The second kappa shape index (κ2) is 8.58. The molecule has 1 aromatic rings. The Morgan fingerprint density at radius 2 is 2.11 bits per heavy atom. The number of ether oxygens (including phenoxy) is 2. The third kappa shape index (κ3) is 5.44. The van der Waals surface area contributed by atoms with Crippen molar-refractivity contribution < 1.29 is 13.9 Å². The van der Waals surface area contributed by atoms with E-state index in [4.69, 9.17) is 9.47 Å². The fourth-order valence-electron chi connectivity index (χ4n) is 1.55. The first-order valence-electron chi connectivity index (χ1n) is 5.90. The molecule has 0 amide bonds. The van der Waals surface area contributed by atoms with Crippen molar-refractivity contribution in [1.29, 1.82) is 0 Å². The number of methoxy groups -OCH3 is 1. The van der Waals surface area contributed by atoms with Crippen LogP contribution in [-0.2, 0) is 9.47 Å². The van der Waals surface area contributed by atoms with Crippen molar-refractivity contribution >= 4 is 15.9 Å². The highest BCUT2D eigenvalue weighted by Gasteiger charge is 2.09. The van der Waals surface area contributed by atoms with Crippen LogP contribution in [0.3, 0.4) is 0 Å². The molecular formula is C13H19BrFNO2. The Balaban J connectivity index is 2.29. The first-order valence-corrected chi connectivity index (χ1v) is 6.69. The molecule has 1 N–H and O–H groups in total. The van der Waals surface area contributed by atoms with E-state index in [1.165, 1.54) is 12.1 Å². The van der Waals surface area contributed by atoms with Gasteiger partial charge in [-0.15, -0.1) is 0 Å². The van der Waals surface area contributed by atoms with E-state index in [0.717, 1.165) is 16.6 Å². The van der Waals surface area contributed by atoms with Gasteiger partial charge >= 0.3 is 0 Å². The molecule has 1 unspecified atom stereocenters. The Morgan fingerprint density at radius 3 is 2.78 bits per heavy atom. The fraction of sp³-hybridized carbons (Fsp3) is 0.538. The highest BCUT2D eigenvalue weighted by Crippen LogP contribution is 2.23. The van der Waals surface area contributed by atoms with E-state index in [1.807, 2.05) is 6.92 Å². The monoisotopic (exact) mass is 319 g/mol. The average molecular weight is 320 g/mol. The number of halogens is 2. The summed E-state index contributed by atoms with van der Waals surface area (Å²) in [7, 11) is 1.65. The first kappa shape index (κ1) is 15.6. The Bertz CT molecular complexity index is 363. The zero-order chi connectivity index (χ0) is 13.4. The molecule has 1 rings (SSSR count). The number of nitrogens with one attached hydrogen (secondary N) is 1. The van der Waals surface area contributed by atoms with Crippen LogP contribution in [0.15, 0.2) is 22.7 Å². The third-order valence-corrected chi connectivity index (χ3v) is 3.24. The maximum atomic E-state index is 13.0. The van der Waals surface area contributed by atoms with Gasteiger partial charge in [-0.05, 0) is 24.6 Å². The minimum absolute atomic E-state index is 0.144. The van der Waals surface area contributed by atoms with Gasteiger partial charge in [0.05, 0.1) is 19.8 Å². The molecule has 5 heteroatoms. The lowest BCUT2D eigenvalue weighted by atomic mass is 10.1. The summed E-state index contributed by atoms with van der Waals surface area (Å²) < 4.78 is 24.0. The Kier molecular flexibility index (Phi) is 7.42. The van der Waals surface area contributed by atoms with Crippen LogP contribution in [0.5, 0.6) is 0 Å². The zero-order valence-corrected chi connectivity index (χ0v) is 12.3. The minimum Gasteiger partial charge on any atom is -0.382 e. The summed E-state index contributed by atoms with van der Waals surface area (Å²) in [4.78, 5) is 0. The van der Waals surface area contributed by atoms with E-state index >= 15 is 0 Å². The third-order valence-electron chi connectivity index (χ3n) is 2.56. The lowest BCUT2D eigenvalue weighted by molar-refractivity contribution is 0.0712. The molecule has 0 aliphatic rings. The molecule has 0 saturated carbocycles. The van der Waals surface area contributed by atoms with E-state index in [-0.39, 0.29) is 11.9 Å². The van der Waals surface area contributed by atoms with Gasteiger partial charge in [0.25, 0.3) is 0 Å². The van der Waals surface area contributed by atoms with Gasteiger partial charge in [-0.3, -0.25) is 0 Å². The van der Waals surface area contributed by atoms with Crippen molar-refractivity contribution in [2.45, 2.75) is 13.0 Å². The van der Waals surface area contributed by atoms with E-state index in [9.17, 15) is 4.39 Å². The molecule has 0 saturated heterocycles. The van der Waals surface area contributed by atoms with Crippen molar-refractivity contribution in [3.8, 4) is 0 Å². The van der Waals surface area contributed by atoms with Crippen LogP contribution in [0.4, 0.5) is 4.39 Å². The second-order valence-corrected chi connectivity index (χ2v) is 4.80.